The van der Waals surface area contributed by atoms with Crippen molar-refractivity contribution in [2.45, 2.75) is 46.2 Å². The van der Waals surface area contributed by atoms with E-state index in [2.05, 4.69) is 37.9 Å². The van der Waals surface area contributed by atoms with E-state index in [0.29, 0.717) is 6.04 Å². The first-order valence-corrected chi connectivity index (χ1v) is 5.96. The molecule has 4 atom stereocenters. The molecule has 4 unspecified atom stereocenters. The Morgan fingerprint density at radius 1 is 1.36 bits per heavy atom. The van der Waals surface area contributed by atoms with Crippen molar-refractivity contribution in [2.24, 2.45) is 11.8 Å². The number of piperidine rings is 1. The van der Waals surface area contributed by atoms with Crippen LogP contribution in [-0.2, 0) is 0 Å². The first kappa shape index (κ1) is 12.0. The maximum Gasteiger partial charge on any atom is 0.0163 e. The molecule has 0 aromatic rings. The van der Waals surface area contributed by atoms with Gasteiger partial charge < -0.3 is 5.32 Å². The topological polar surface area (TPSA) is 15.3 Å². The van der Waals surface area contributed by atoms with Crippen LogP contribution in [0.1, 0.15) is 34.1 Å². The molecule has 0 saturated carbocycles. The molecule has 84 valence electrons. The Bertz CT molecular complexity index is 170. The molecule has 0 radical (unpaired) electrons. The molecule has 0 amide bonds. The lowest BCUT2D eigenvalue weighted by molar-refractivity contribution is 0.0729. The summed E-state index contributed by atoms with van der Waals surface area (Å²) in [5, 5.41) is 3.32. The van der Waals surface area contributed by atoms with Crippen molar-refractivity contribution < 1.29 is 0 Å². The van der Waals surface area contributed by atoms with Gasteiger partial charge in [0.15, 0.2) is 0 Å². The van der Waals surface area contributed by atoms with E-state index in [9.17, 15) is 0 Å². The highest BCUT2D eigenvalue weighted by Crippen LogP contribution is 2.26. The smallest absolute Gasteiger partial charge is 0.0163 e. The summed E-state index contributed by atoms with van der Waals surface area (Å²) in [7, 11) is 2.05. The van der Waals surface area contributed by atoms with Crippen molar-refractivity contribution in [1.82, 2.24) is 10.2 Å². The standard InChI is InChI=1S/C12H26N2/c1-9-6-10(2)12(4)14(7-9)8-11(3)13-5/h9-13H,6-8H2,1-5H3. The molecule has 1 rings (SSSR count). The highest BCUT2D eigenvalue weighted by molar-refractivity contribution is 4.83. The zero-order valence-electron chi connectivity index (χ0n) is 10.4. The molecule has 1 heterocycles. The van der Waals surface area contributed by atoms with Crippen LogP contribution in [0.15, 0.2) is 0 Å². The summed E-state index contributed by atoms with van der Waals surface area (Å²) in [6, 6.07) is 1.36. The Morgan fingerprint density at radius 2 is 2.00 bits per heavy atom. The van der Waals surface area contributed by atoms with Gasteiger partial charge in [0, 0.05) is 25.2 Å². The lowest BCUT2D eigenvalue weighted by atomic mass is 9.86. The minimum atomic E-state index is 0.606. The van der Waals surface area contributed by atoms with Gasteiger partial charge in [0.25, 0.3) is 0 Å². The molecule has 1 fully saturated rings. The molecular formula is C12H26N2. The SMILES string of the molecule is CNC(C)CN1CC(C)CC(C)C1C. The van der Waals surface area contributed by atoms with E-state index in [0.717, 1.165) is 17.9 Å². The normalized spacial score (nSPS) is 37.1. The third-order valence-electron chi connectivity index (χ3n) is 3.72. The maximum atomic E-state index is 3.32. The van der Waals surface area contributed by atoms with Gasteiger partial charge in [0.2, 0.25) is 0 Å². The van der Waals surface area contributed by atoms with Crippen LogP contribution in [0.5, 0.6) is 0 Å². The fraction of sp³-hybridized carbons (Fsp3) is 1.00. The summed E-state index contributed by atoms with van der Waals surface area (Å²) < 4.78 is 0. The molecule has 2 heteroatoms. The molecule has 0 spiro atoms. The van der Waals surface area contributed by atoms with E-state index in [1.807, 2.05) is 7.05 Å². The zero-order chi connectivity index (χ0) is 10.7. The van der Waals surface area contributed by atoms with E-state index in [1.54, 1.807) is 0 Å². The van der Waals surface area contributed by atoms with Crippen molar-refractivity contribution in [2.75, 3.05) is 20.1 Å². The fourth-order valence-corrected chi connectivity index (χ4v) is 2.52. The molecule has 1 aliphatic rings. The minimum Gasteiger partial charge on any atom is -0.316 e. The summed E-state index contributed by atoms with van der Waals surface area (Å²) in [6.45, 7) is 11.9. The summed E-state index contributed by atoms with van der Waals surface area (Å²) in [5.41, 5.74) is 0. The van der Waals surface area contributed by atoms with Gasteiger partial charge in [0.1, 0.15) is 0 Å². The van der Waals surface area contributed by atoms with Crippen LogP contribution in [0.25, 0.3) is 0 Å². The lowest BCUT2D eigenvalue weighted by Gasteiger charge is -2.42. The summed E-state index contributed by atoms with van der Waals surface area (Å²) in [5.74, 6) is 1.72. The van der Waals surface area contributed by atoms with Gasteiger partial charge in [-0.2, -0.15) is 0 Å². The van der Waals surface area contributed by atoms with E-state index < -0.39 is 0 Å². The molecule has 0 aromatic heterocycles. The molecule has 0 bridgehead atoms. The number of likely N-dealkylation sites (N-methyl/N-ethyl adjacent to an activating group) is 1. The van der Waals surface area contributed by atoms with E-state index >= 15 is 0 Å². The number of likely N-dealkylation sites (tertiary alicyclic amines) is 1. The second kappa shape index (κ2) is 5.13. The summed E-state index contributed by atoms with van der Waals surface area (Å²) >= 11 is 0. The third kappa shape index (κ3) is 2.96. The van der Waals surface area contributed by atoms with Gasteiger partial charge in [-0.15, -0.1) is 0 Å². The Kier molecular flexibility index (Phi) is 4.39. The van der Waals surface area contributed by atoms with E-state index in [4.69, 9.17) is 0 Å². The number of rotatable bonds is 3. The Labute approximate surface area is 89.1 Å². The Balaban J connectivity index is 2.49. The van der Waals surface area contributed by atoms with Crippen LogP contribution < -0.4 is 5.32 Å². The third-order valence-corrected chi connectivity index (χ3v) is 3.72. The van der Waals surface area contributed by atoms with Crippen LogP contribution >= 0.6 is 0 Å². The van der Waals surface area contributed by atoms with Crippen molar-refractivity contribution in [3.05, 3.63) is 0 Å². The molecule has 1 N–H and O–H groups in total. The fourth-order valence-electron chi connectivity index (χ4n) is 2.52. The van der Waals surface area contributed by atoms with Gasteiger partial charge >= 0.3 is 0 Å². The van der Waals surface area contributed by atoms with Crippen LogP contribution in [0.2, 0.25) is 0 Å². The average Bonchev–Trinajstić information content (AvgIpc) is 2.13. The summed E-state index contributed by atoms with van der Waals surface area (Å²) in [6.07, 6.45) is 1.39. The summed E-state index contributed by atoms with van der Waals surface area (Å²) in [4.78, 5) is 2.64. The number of nitrogens with one attached hydrogen (secondary N) is 1. The van der Waals surface area contributed by atoms with Crippen LogP contribution in [0, 0.1) is 11.8 Å². The molecule has 0 aromatic carbocycles. The average molecular weight is 198 g/mol. The van der Waals surface area contributed by atoms with Crippen LogP contribution in [-0.4, -0.2) is 37.1 Å². The van der Waals surface area contributed by atoms with Gasteiger partial charge in [0.05, 0.1) is 0 Å². The van der Waals surface area contributed by atoms with Crippen LogP contribution in [0.4, 0.5) is 0 Å². The Hall–Kier alpha value is -0.0800. The Morgan fingerprint density at radius 3 is 2.57 bits per heavy atom. The first-order valence-electron chi connectivity index (χ1n) is 5.96. The van der Waals surface area contributed by atoms with Crippen molar-refractivity contribution in [3.8, 4) is 0 Å². The minimum absolute atomic E-state index is 0.606. The second-order valence-corrected chi connectivity index (χ2v) is 5.20. The maximum absolute atomic E-state index is 3.32. The monoisotopic (exact) mass is 198 g/mol. The van der Waals surface area contributed by atoms with E-state index in [-0.39, 0.29) is 0 Å². The van der Waals surface area contributed by atoms with Gasteiger partial charge in [-0.3, -0.25) is 4.90 Å². The molecular weight excluding hydrogens is 172 g/mol. The molecule has 1 aliphatic heterocycles. The predicted molar refractivity (Wildman–Crippen MR) is 62.5 cm³/mol. The zero-order valence-corrected chi connectivity index (χ0v) is 10.4. The molecule has 2 nitrogen and oxygen atoms in total. The van der Waals surface area contributed by atoms with Crippen molar-refractivity contribution in [1.29, 1.82) is 0 Å². The van der Waals surface area contributed by atoms with Gasteiger partial charge in [-0.05, 0) is 39.2 Å². The predicted octanol–water partition coefficient (Wildman–Crippen LogP) is 1.96. The number of hydrogen-bond acceptors (Lipinski definition) is 2. The highest BCUT2D eigenvalue weighted by Gasteiger charge is 2.28. The highest BCUT2D eigenvalue weighted by atomic mass is 15.2. The number of hydrogen-bond donors (Lipinski definition) is 1. The van der Waals surface area contributed by atoms with Crippen LogP contribution in [0.3, 0.4) is 0 Å². The van der Waals surface area contributed by atoms with Gasteiger partial charge in [-0.25, -0.2) is 0 Å². The van der Waals surface area contributed by atoms with Crippen molar-refractivity contribution >= 4 is 0 Å². The number of nitrogens with zero attached hydrogens (tertiary/aromatic N) is 1. The molecule has 0 aliphatic carbocycles. The van der Waals surface area contributed by atoms with Crippen molar-refractivity contribution in [3.63, 3.8) is 0 Å². The molecule has 1 saturated heterocycles. The van der Waals surface area contributed by atoms with Gasteiger partial charge in [-0.1, -0.05) is 13.8 Å². The van der Waals surface area contributed by atoms with E-state index in [1.165, 1.54) is 19.5 Å². The molecule has 14 heavy (non-hydrogen) atoms. The largest absolute Gasteiger partial charge is 0.316 e. The quantitative estimate of drug-likeness (QED) is 0.746. The first-order chi connectivity index (χ1) is 6.54. The lowest BCUT2D eigenvalue weighted by Crippen LogP contribution is -2.50. The second-order valence-electron chi connectivity index (χ2n) is 5.20.